The van der Waals surface area contributed by atoms with Crippen LogP contribution in [0, 0.1) is 11.8 Å². The normalized spacial score (nSPS) is 14.8. The van der Waals surface area contributed by atoms with Gasteiger partial charge in [0.2, 0.25) is 5.95 Å². The summed E-state index contributed by atoms with van der Waals surface area (Å²) in [5, 5.41) is 27.2. The molecule has 5 N–H and O–H groups in total. The van der Waals surface area contributed by atoms with Gasteiger partial charge in [0.15, 0.2) is 11.3 Å². The minimum atomic E-state index is -0.682. The van der Waals surface area contributed by atoms with Crippen molar-refractivity contribution in [3.63, 3.8) is 0 Å². The van der Waals surface area contributed by atoms with Crippen molar-refractivity contribution >= 4 is 75.4 Å². The summed E-state index contributed by atoms with van der Waals surface area (Å²) in [5.74, 6) is 0.327. The van der Waals surface area contributed by atoms with Crippen molar-refractivity contribution in [3.05, 3.63) is 98.0 Å². The van der Waals surface area contributed by atoms with Crippen LogP contribution in [0.15, 0.2) is 60.9 Å². The zero-order chi connectivity index (χ0) is 40.6. The Labute approximate surface area is 349 Å². The zero-order valence-corrected chi connectivity index (χ0v) is 34.2. The number of fused-ring (bicyclic) bond motifs is 2. The molecule has 13 nitrogen and oxygen atoms in total. The second-order valence-electron chi connectivity index (χ2n) is 13.6. The molecule has 6 heterocycles. The molecule has 57 heavy (non-hydrogen) atoms. The van der Waals surface area contributed by atoms with Gasteiger partial charge in [-0.25, -0.2) is 0 Å². The second kappa shape index (κ2) is 19.4. The van der Waals surface area contributed by atoms with Gasteiger partial charge in [0, 0.05) is 93.6 Å². The van der Waals surface area contributed by atoms with Crippen LogP contribution in [-0.2, 0) is 38.4 Å². The fourth-order valence-electron chi connectivity index (χ4n) is 6.76. The van der Waals surface area contributed by atoms with Crippen molar-refractivity contribution in [2.75, 3.05) is 32.2 Å². The van der Waals surface area contributed by atoms with Gasteiger partial charge in [-0.2, -0.15) is 0 Å². The van der Waals surface area contributed by atoms with Crippen LogP contribution in [0.1, 0.15) is 49.6 Å². The number of carboxylic acid groups (broad SMARTS) is 1. The van der Waals surface area contributed by atoms with E-state index < -0.39 is 5.97 Å². The first-order valence-electron chi connectivity index (χ1n) is 18.5. The third-order valence-electron chi connectivity index (χ3n) is 9.98. The van der Waals surface area contributed by atoms with Gasteiger partial charge >= 0.3 is 5.97 Å². The number of nitrogens with zero attached hydrogens (tertiary/aromatic N) is 6. The van der Waals surface area contributed by atoms with Crippen LogP contribution in [0.4, 0.5) is 5.95 Å². The summed E-state index contributed by atoms with van der Waals surface area (Å²) in [6, 6.07) is 14.7. The number of halogens is 4. The molecule has 0 saturated carbocycles. The number of nitrogens with two attached hydrogens (primary N) is 2. The van der Waals surface area contributed by atoms with E-state index >= 15 is 0 Å². The van der Waals surface area contributed by atoms with Crippen molar-refractivity contribution in [2.45, 2.75) is 52.0 Å². The lowest BCUT2D eigenvalue weighted by Gasteiger charge is -2.20. The highest BCUT2D eigenvalue weighted by molar-refractivity contribution is 6.37. The average molecular weight is 857 g/mol. The van der Waals surface area contributed by atoms with E-state index in [4.69, 9.17) is 72.5 Å². The fraction of sp³-hybridized carbons (Fsp3) is 0.350. The lowest BCUT2D eigenvalue weighted by atomic mass is 9.93. The molecule has 0 spiro atoms. The third-order valence-corrected chi connectivity index (χ3v) is 11.1. The van der Waals surface area contributed by atoms with Crippen molar-refractivity contribution in [2.24, 2.45) is 17.6 Å². The number of pyridine rings is 2. The monoisotopic (exact) mass is 854 g/mol. The smallest absolute Gasteiger partial charge is 0.306 e. The Balaban J connectivity index is 0.000000164. The molecule has 0 aliphatic carbocycles. The lowest BCUT2D eigenvalue weighted by Crippen LogP contribution is -2.25. The first-order valence-corrected chi connectivity index (χ1v) is 20.0. The molecule has 2 fully saturated rings. The Bertz CT molecular complexity index is 2370. The molecule has 300 valence electrons. The fourth-order valence-corrected chi connectivity index (χ4v) is 7.78. The van der Waals surface area contributed by atoms with Crippen LogP contribution in [0.3, 0.4) is 0 Å². The van der Waals surface area contributed by atoms with Crippen LogP contribution in [0.5, 0.6) is 0 Å². The number of Topliss-reactive ketones (excluding diaryl/α,β-unsaturated/α-hetero) is 1. The van der Waals surface area contributed by atoms with Gasteiger partial charge in [0.05, 0.1) is 12.3 Å². The zero-order valence-electron chi connectivity index (χ0n) is 31.1. The van der Waals surface area contributed by atoms with E-state index in [0.29, 0.717) is 83.3 Å². The summed E-state index contributed by atoms with van der Waals surface area (Å²) in [7, 11) is 0. The lowest BCUT2D eigenvalue weighted by molar-refractivity contribution is -0.144. The van der Waals surface area contributed by atoms with E-state index in [0.717, 1.165) is 58.3 Å². The van der Waals surface area contributed by atoms with Crippen LogP contribution in [-0.4, -0.2) is 72.5 Å². The Morgan fingerprint density at radius 3 is 1.75 bits per heavy atom. The summed E-state index contributed by atoms with van der Waals surface area (Å²) in [4.78, 5) is 23.0. The summed E-state index contributed by atoms with van der Waals surface area (Å²) in [6.07, 6.45) is 7.79. The number of rotatable bonds is 8. The minimum Gasteiger partial charge on any atom is -0.481 e. The molecule has 4 aromatic heterocycles. The number of carbonyl (C=O) groups excluding carboxylic acids is 1. The van der Waals surface area contributed by atoms with Crippen LogP contribution >= 0.6 is 46.4 Å². The van der Waals surface area contributed by atoms with Gasteiger partial charge in [0.25, 0.3) is 0 Å². The van der Waals surface area contributed by atoms with Crippen LogP contribution < -0.4 is 11.5 Å². The van der Waals surface area contributed by atoms with E-state index in [1.54, 1.807) is 22.6 Å². The number of aromatic nitrogens is 6. The Hall–Kier alpha value is -4.34. The molecule has 0 radical (unpaired) electrons. The van der Waals surface area contributed by atoms with E-state index in [1.165, 1.54) is 0 Å². The van der Waals surface area contributed by atoms with Gasteiger partial charge in [0.1, 0.15) is 11.6 Å². The Morgan fingerprint density at radius 2 is 1.23 bits per heavy atom. The standard InChI is InChI=1S/C20H20Cl2N4O2.C14H12Cl2N4.C6H10O3/c21-14-1-2-15(17(22)8-14)16-11-26-19(7-13(16)10-23)24-25-20(26)9-18(27)12-3-5-28-6-4-12;1-2-8-5-13-18-19-14(17)20(13)7-11(8)10-4-3-9(15)6-12(10)16;7-6(8)5-1-3-9-4-2-5/h1-2,7-8,11-12H,3-6,9-10,23H2;3-7H,2H2,1H3,(H2,17,19);5H,1-4H2,(H,7,8). The van der Waals surface area contributed by atoms with Gasteiger partial charge in [-0.1, -0.05) is 65.5 Å². The number of hydrogen-bond acceptors (Lipinski definition) is 10. The summed E-state index contributed by atoms with van der Waals surface area (Å²) in [6.45, 7) is 4.90. The number of benzene rings is 2. The number of carboxylic acids is 1. The highest BCUT2D eigenvalue weighted by atomic mass is 35.5. The maximum absolute atomic E-state index is 12.7. The SMILES string of the molecule is CCc1cc2nnc(N)n2cc1-c1ccc(Cl)cc1Cl.NCc1cc2nnc(CC(=O)C3CCOCC3)n2cc1-c1ccc(Cl)cc1Cl.O=C(O)C1CCOCC1. The van der Waals surface area contributed by atoms with E-state index in [9.17, 15) is 9.59 Å². The Kier molecular flexibility index (Phi) is 14.4. The number of ether oxygens (including phenoxy) is 2. The summed E-state index contributed by atoms with van der Waals surface area (Å²) >= 11 is 24.7. The van der Waals surface area contributed by atoms with Crippen molar-refractivity contribution < 1.29 is 24.2 Å². The average Bonchev–Trinajstić information content (AvgIpc) is 3.79. The first-order chi connectivity index (χ1) is 27.5. The molecule has 2 aromatic carbocycles. The summed E-state index contributed by atoms with van der Waals surface area (Å²) < 4.78 is 13.9. The maximum Gasteiger partial charge on any atom is 0.306 e. The largest absolute Gasteiger partial charge is 0.481 e. The number of anilines is 1. The molecule has 6 aromatic rings. The van der Waals surface area contributed by atoms with Crippen molar-refractivity contribution in [1.82, 2.24) is 29.2 Å². The number of hydrogen-bond donors (Lipinski definition) is 3. The van der Waals surface area contributed by atoms with E-state index in [2.05, 4.69) is 27.3 Å². The van der Waals surface area contributed by atoms with Gasteiger partial charge in [-0.15, -0.1) is 20.4 Å². The highest BCUT2D eigenvalue weighted by Gasteiger charge is 2.24. The number of aliphatic carboxylic acids is 1. The molecule has 2 aliphatic heterocycles. The highest BCUT2D eigenvalue weighted by Crippen LogP contribution is 2.35. The molecular formula is C40H42Cl4N8O5. The maximum atomic E-state index is 12.7. The summed E-state index contributed by atoms with van der Waals surface area (Å²) in [5.41, 5.74) is 18.8. The van der Waals surface area contributed by atoms with E-state index in [-0.39, 0.29) is 24.0 Å². The predicted molar refractivity (Wildman–Crippen MR) is 222 cm³/mol. The number of nitrogen functional groups attached to an aromatic ring is 1. The predicted octanol–water partition coefficient (Wildman–Crippen LogP) is 8.05. The van der Waals surface area contributed by atoms with Gasteiger partial charge in [-0.3, -0.25) is 18.4 Å². The quantitative estimate of drug-likeness (QED) is 0.135. The Morgan fingerprint density at radius 1 is 0.719 bits per heavy atom. The molecule has 17 heteroatoms. The molecule has 0 amide bonds. The molecular weight excluding hydrogens is 814 g/mol. The molecule has 2 saturated heterocycles. The van der Waals surface area contributed by atoms with Crippen LogP contribution in [0.25, 0.3) is 33.5 Å². The topological polar surface area (TPSA) is 185 Å². The second-order valence-corrected chi connectivity index (χ2v) is 15.3. The minimum absolute atomic E-state index is 0.0228. The van der Waals surface area contributed by atoms with E-state index in [1.807, 2.05) is 47.1 Å². The third kappa shape index (κ3) is 10.2. The van der Waals surface area contributed by atoms with Crippen molar-refractivity contribution in [3.8, 4) is 22.3 Å². The number of aryl methyl sites for hydroxylation is 1. The van der Waals surface area contributed by atoms with Crippen molar-refractivity contribution in [1.29, 1.82) is 0 Å². The van der Waals surface area contributed by atoms with Gasteiger partial charge in [-0.05, 0) is 79.6 Å². The molecule has 0 atom stereocenters. The molecule has 2 aliphatic rings. The molecule has 8 rings (SSSR count). The number of carbonyl (C=O) groups is 2. The molecule has 0 unspecified atom stereocenters. The van der Waals surface area contributed by atoms with Gasteiger partial charge < -0.3 is 26.0 Å². The first kappa shape index (κ1) is 42.3. The van der Waals surface area contributed by atoms with Crippen LogP contribution in [0.2, 0.25) is 20.1 Å². The number of ketones is 1. The molecule has 0 bridgehead atoms.